The lowest BCUT2D eigenvalue weighted by atomic mass is 10.0. The number of nitrogens with one attached hydrogen (secondary N) is 3. The lowest BCUT2D eigenvalue weighted by molar-refractivity contribution is -0.113. The molecule has 184 valence electrons. The maximum absolute atomic E-state index is 14.4. The second kappa shape index (κ2) is 12.5. The van der Waals surface area contributed by atoms with Crippen LogP contribution >= 0.6 is 0 Å². The number of aromatic nitrogens is 2. The number of carbonyl (C=O) groups excluding carboxylic acids is 1. The fraction of sp³-hybridized carbons (Fsp3) is 0.269. The molecule has 0 spiro atoms. The van der Waals surface area contributed by atoms with Gasteiger partial charge in [0.2, 0.25) is 5.95 Å². The Labute approximate surface area is 204 Å². The number of amides is 1. The average molecular weight is 480 g/mol. The van der Waals surface area contributed by atoms with E-state index in [0.29, 0.717) is 53.9 Å². The predicted molar refractivity (Wildman–Crippen MR) is 136 cm³/mol. The molecule has 0 aliphatic rings. The van der Waals surface area contributed by atoms with E-state index in [-0.39, 0.29) is 17.7 Å². The molecule has 35 heavy (non-hydrogen) atoms. The number of hydrogen-bond acceptors (Lipinski definition) is 7. The van der Waals surface area contributed by atoms with Crippen LogP contribution in [0.5, 0.6) is 5.75 Å². The Bertz CT molecular complexity index is 1150. The van der Waals surface area contributed by atoms with E-state index in [1.807, 2.05) is 13.8 Å². The van der Waals surface area contributed by atoms with Gasteiger partial charge in [0, 0.05) is 29.7 Å². The Morgan fingerprint density at radius 2 is 1.80 bits per heavy atom. The van der Waals surface area contributed by atoms with Crippen molar-refractivity contribution in [3.63, 3.8) is 0 Å². The largest absolute Gasteiger partial charge is 0.491 e. The van der Waals surface area contributed by atoms with Crippen molar-refractivity contribution in [1.82, 2.24) is 9.97 Å². The number of methoxy groups -OCH3 is 1. The molecule has 0 radical (unpaired) electrons. The zero-order chi connectivity index (χ0) is 25.2. The second-order valence-electron chi connectivity index (χ2n) is 8.24. The summed E-state index contributed by atoms with van der Waals surface area (Å²) in [7, 11) is 1.61. The molecule has 9 heteroatoms. The lowest BCUT2D eigenvalue weighted by Crippen LogP contribution is -2.15. The van der Waals surface area contributed by atoms with Gasteiger partial charge in [0.25, 0.3) is 5.91 Å². The number of anilines is 5. The highest BCUT2D eigenvalue weighted by Gasteiger charge is 2.11. The van der Waals surface area contributed by atoms with Crippen LogP contribution < -0.4 is 20.7 Å². The molecule has 0 atom stereocenters. The summed E-state index contributed by atoms with van der Waals surface area (Å²) in [6, 6.07) is 14.2. The van der Waals surface area contributed by atoms with Crippen LogP contribution in [0.25, 0.3) is 0 Å². The van der Waals surface area contributed by atoms with Gasteiger partial charge in [-0.15, -0.1) is 0 Å². The standard InChI is InChI=1S/C26H30FN5O3/c1-17(2)14-18(3)25(33)30-21-7-5-6-20(15-21)29-24-23(27)16-28-26(32-24)31-19-8-10-22(11-9-19)35-13-12-34-4/h5-11,15-17H,3,12-14H2,1-2,4H3,(H,30,33)(H2,28,29,31,32). The van der Waals surface area contributed by atoms with E-state index < -0.39 is 5.82 Å². The Kier molecular flexibility index (Phi) is 9.14. The van der Waals surface area contributed by atoms with Crippen LogP contribution in [-0.4, -0.2) is 36.2 Å². The Balaban J connectivity index is 1.65. The summed E-state index contributed by atoms with van der Waals surface area (Å²) in [5, 5.41) is 8.80. The van der Waals surface area contributed by atoms with E-state index in [2.05, 4.69) is 32.5 Å². The first kappa shape index (κ1) is 25.6. The van der Waals surface area contributed by atoms with E-state index in [0.717, 1.165) is 6.20 Å². The van der Waals surface area contributed by atoms with E-state index in [1.54, 1.807) is 55.6 Å². The first-order valence-electron chi connectivity index (χ1n) is 11.2. The van der Waals surface area contributed by atoms with E-state index in [9.17, 15) is 9.18 Å². The third-order valence-corrected chi connectivity index (χ3v) is 4.77. The Morgan fingerprint density at radius 1 is 1.06 bits per heavy atom. The molecule has 0 bridgehead atoms. The van der Waals surface area contributed by atoms with Crippen molar-refractivity contribution in [3.8, 4) is 5.75 Å². The lowest BCUT2D eigenvalue weighted by Gasteiger charge is -2.12. The zero-order valence-corrected chi connectivity index (χ0v) is 20.1. The van der Waals surface area contributed by atoms with Crippen LogP contribution in [0.15, 0.2) is 66.9 Å². The summed E-state index contributed by atoms with van der Waals surface area (Å²) in [6.45, 7) is 8.85. The quantitative estimate of drug-likeness (QED) is 0.227. The van der Waals surface area contributed by atoms with Crippen molar-refractivity contribution in [1.29, 1.82) is 0 Å². The zero-order valence-electron chi connectivity index (χ0n) is 20.1. The van der Waals surface area contributed by atoms with Crippen molar-refractivity contribution in [2.75, 3.05) is 36.3 Å². The summed E-state index contributed by atoms with van der Waals surface area (Å²) in [5.74, 6) is 0.390. The topological polar surface area (TPSA) is 97.4 Å². The van der Waals surface area contributed by atoms with Gasteiger partial charge in [-0.05, 0) is 54.8 Å². The first-order valence-corrected chi connectivity index (χ1v) is 11.2. The third kappa shape index (κ3) is 8.08. The maximum atomic E-state index is 14.4. The van der Waals surface area contributed by atoms with E-state index in [1.165, 1.54) is 0 Å². The molecule has 0 unspecified atom stereocenters. The maximum Gasteiger partial charge on any atom is 0.250 e. The minimum Gasteiger partial charge on any atom is -0.491 e. The average Bonchev–Trinajstić information content (AvgIpc) is 2.82. The number of hydrogen-bond donors (Lipinski definition) is 3. The van der Waals surface area contributed by atoms with Crippen molar-refractivity contribution in [3.05, 3.63) is 72.7 Å². The molecule has 3 rings (SSSR count). The van der Waals surface area contributed by atoms with Crippen molar-refractivity contribution in [2.45, 2.75) is 20.3 Å². The number of benzene rings is 2. The summed E-state index contributed by atoms with van der Waals surface area (Å²) >= 11 is 0. The molecular formula is C26H30FN5O3. The number of nitrogens with zero attached hydrogens (tertiary/aromatic N) is 2. The van der Waals surface area contributed by atoms with Crippen molar-refractivity contribution >= 4 is 34.7 Å². The number of halogens is 1. The summed E-state index contributed by atoms with van der Waals surface area (Å²) in [5.41, 5.74) is 2.34. The molecule has 0 aliphatic carbocycles. The highest BCUT2D eigenvalue weighted by Crippen LogP contribution is 2.24. The van der Waals surface area contributed by atoms with E-state index in [4.69, 9.17) is 9.47 Å². The minimum atomic E-state index is -0.614. The van der Waals surface area contributed by atoms with Crippen LogP contribution in [0.3, 0.4) is 0 Å². The molecule has 3 N–H and O–H groups in total. The highest BCUT2D eigenvalue weighted by molar-refractivity contribution is 6.03. The third-order valence-electron chi connectivity index (χ3n) is 4.77. The fourth-order valence-corrected chi connectivity index (χ4v) is 3.14. The second-order valence-corrected chi connectivity index (χ2v) is 8.24. The van der Waals surface area contributed by atoms with Gasteiger partial charge in [0.05, 0.1) is 12.8 Å². The molecule has 0 saturated heterocycles. The van der Waals surface area contributed by atoms with Crippen LogP contribution in [0.1, 0.15) is 20.3 Å². The fourth-order valence-electron chi connectivity index (χ4n) is 3.14. The molecule has 0 fully saturated rings. The molecule has 0 saturated carbocycles. The number of rotatable bonds is 12. The van der Waals surface area contributed by atoms with Crippen LogP contribution in [-0.2, 0) is 9.53 Å². The van der Waals surface area contributed by atoms with E-state index >= 15 is 0 Å². The normalized spacial score (nSPS) is 10.7. The molecule has 1 amide bonds. The minimum absolute atomic E-state index is 0.00490. The van der Waals surface area contributed by atoms with Gasteiger partial charge in [-0.2, -0.15) is 4.98 Å². The molecule has 3 aromatic rings. The highest BCUT2D eigenvalue weighted by atomic mass is 19.1. The van der Waals surface area contributed by atoms with Gasteiger partial charge < -0.3 is 25.4 Å². The van der Waals surface area contributed by atoms with Gasteiger partial charge in [-0.25, -0.2) is 9.37 Å². The SMILES string of the molecule is C=C(CC(C)C)C(=O)Nc1cccc(Nc2nc(Nc3ccc(OCCOC)cc3)ncc2F)c1. The Morgan fingerprint density at radius 3 is 2.51 bits per heavy atom. The molecule has 8 nitrogen and oxygen atoms in total. The smallest absolute Gasteiger partial charge is 0.250 e. The monoisotopic (exact) mass is 479 g/mol. The van der Waals surface area contributed by atoms with Crippen LogP contribution in [0.4, 0.5) is 33.2 Å². The first-order chi connectivity index (χ1) is 16.8. The van der Waals surface area contributed by atoms with Gasteiger partial charge in [-0.3, -0.25) is 4.79 Å². The Hall–Kier alpha value is -3.98. The van der Waals surface area contributed by atoms with Gasteiger partial charge in [0.1, 0.15) is 12.4 Å². The summed E-state index contributed by atoms with van der Waals surface area (Å²) in [4.78, 5) is 20.6. The van der Waals surface area contributed by atoms with Crippen molar-refractivity contribution < 1.29 is 18.7 Å². The summed E-state index contributed by atoms with van der Waals surface area (Å²) < 4.78 is 24.9. The molecule has 0 aliphatic heterocycles. The van der Waals surface area contributed by atoms with Crippen LogP contribution in [0, 0.1) is 11.7 Å². The number of carbonyl (C=O) groups is 1. The molecule has 2 aromatic carbocycles. The summed E-state index contributed by atoms with van der Waals surface area (Å²) in [6.07, 6.45) is 1.69. The number of ether oxygens (including phenoxy) is 2. The van der Waals surface area contributed by atoms with Crippen LogP contribution in [0.2, 0.25) is 0 Å². The predicted octanol–water partition coefficient (Wildman–Crippen LogP) is 5.67. The van der Waals surface area contributed by atoms with Gasteiger partial charge >= 0.3 is 0 Å². The molecule has 1 aromatic heterocycles. The molecule has 1 heterocycles. The van der Waals surface area contributed by atoms with Gasteiger partial charge in [-0.1, -0.05) is 26.5 Å². The molecular weight excluding hydrogens is 449 g/mol. The van der Waals surface area contributed by atoms with Crippen molar-refractivity contribution in [2.24, 2.45) is 5.92 Å². The van der Waals surface area contributed by atoms with Gasteiger partial charge in [0.15, 0.2) is 11.6 Å².